The number of hydrogen-bond acceptors (Lipinski definition) is 5. The number of rotatable bonds is 8. The van der Waals surface area contributed by atoms with Gasteiger partial charge < -0.3 is 18.6 Å². The highest BCUT2D eigenvalue weighted by molar-refractivity contribution is 6.69. The lowest BCUT2D eigenvalue weighted by molar-refractivity contribution is -0.145. The van der Waals surface area contributed by atoms with Crippen LogP contribution in [0.5, 0.6) is 11.5 Å². The molecule has 0 aromatic heterocycles. The van der Waals surface area contributed by atoms with Crippen molar-refractivity contribution in [1.29, 1.82) is 0 Å². The number of carbonyl (C=O) groups excluding carboxylic acids is 1. The number of benzene rings is 1. The molecule has 0 aliphatic rings. The molecule has 0 radical (unpaired) electrons. The average Bonchev–Trinajstić information content (AvgIpc) is 2.44. The first-order valence-electron chi connectivity index (χ1n) is 7.36. The molecule has 0 fully saturated rings. The standard InChI is InChI=1S/C16H26O5Si/c1-7-20-16(17)11-14(21-22(4,5)6)12-8-9-13(18-2)15(10-12)19-3/h8-10,14H,7,11H2,1-6H3/t14-/m1/s1. The average molecular weight is 326 g/mol. The first kappa shape index (κ1) is 18.5. The fourth-order valence-corrected chi connectivity index (χ4v) is 3.15. The Hall–Kier alpha value is -1.53. The third kappa shape index (κ3) is 5.69. The summed E-state index contributed by atoms with van der Waals surface area (Å²) >= 11 is 0. The Labute approximate surface area is 133 Å². The van der Waals surface area contributed by atoms with E-state index in [9.17, 15) is 4.79 Å². The van der Waals surface area contributed by atoms with E-state index in [2.05, 4.69) is 19.6 Å². The van der Waals surface area contributed by atoms with Gasteiger partial charge in [0, 0.05) is 0 Å². The Kier molecular flexibility index (Phi) is 6.89. The molecular formula is C16H26O5Si. The third-order valence-electron chi connectivity index (χ3n) is 2.93. The molecule has 1 atom stereocenters. The zero-order valence-corrected chi connectivity index (χ0v) is 15.3. The van der Waals surface area contributed by atoms with Gasteiger partial charge in [0.05, 0.1) is 33.4 Å². The number of carbonyl (C=O) groups is 1. The monoisotopic (exact) mass is 326 g/mol. The summed E-state index contributed by atoms with van der Waals surface area (Å²) in [4.78, 5) is 11.8. The normalized spacial score (nSPS) is 12.6. The van der Waals surface area contributed by atoms with E-state index >= 15 is 0 Å². The van der Waals surface area contributed by atoms with Crippen molar-refractivity contribution in [2.75, 3.05) is 20.8 Å². The SMILES string of the molecule is CCOC(=O)C[C@@H](O[Si](C)(C)C)c1ccc(OC)c(OC)c1. The van der Waals surface area contributed by atoms with Gasteiger partial charge in [0.15, 0.2) is 19.8 Å². The Balaban J connectivity index is 3.06. The Morgan fingerprint density at radius 1 is 1.14 bits per heavy atom. The van der Waals surface area contributed by atoms with E-state index in [4.69, 9.17) is 18.6 Å². The Morgan fingerprint density at radius 2 is 1.77 bits per heavy atom. The van der Waals surface area contributed by atoms with Crippen molar-refractivity contribution in [3.63, 3.8) is 0 Å². The molecule has 0 heterocycles. The topological polar surface area (TPSA) is 54.0 Å². The van der Waals surface area contributed by atoms with Crippen LogP contribution in [0, 0.1) is 0 Å². The zero-order chi connectivity index (χ0) is 16.8. The van der Waals surface area contributed by atoms with Gasteiger partial charge in [0.2, 0.25) is 0 Å². The van der Waals surface area contributed by atoms with Crippen LogP contribution in [0.4, 0.5) is 0 Å². The largest absolute Gasteiger partial charge is 0.493 e. The summed E-state index contributed by atoms with van der Waals surface area (Å²) in [6, 6.07) is 5.56. The van der Waals surface area contributed by atoms with Crippen LogP contribution in [-0.2, 0) is 14.0 Å². The van der Waals surface area contributed by atoms with Crippen molar-refractivity contribution in [3.05, 3.63) is 23.8 Å². The zero-order valence-electron chi connectivity index (χ0n) is 14.3. The highest BCUT2D eigenvalue weighted by atomic mass is 28.4. The van der Waals surface area contributed by atoms with Crippen molar-refractivity contribution in [2.24, 2.45) is 0 Å². The molecule has 124 valence electrons. The molecule has 6 heteroatoms. The summed E-state index contributed by atoms with van der Waals surface area (Å²) < 4.78 is 21.8. The maximum Gasteiger partial charge on any atom is 0.308 e. The highest BCUT2D eigenvalue weighted by Crippen LogP contribution is 2.33. The molecular weight excluding hydrogens is 300 g/mol. The van der Waals surface area contributed by atoms with E-state index in [1.54, 1.807) is 21.1 Å². The third-order valence-corrected chi connectivity index (χ3v) is 3.92. The molecule has 1 aromatic rings. The molecule has 0 amide bonds. The molecule has 0 spiro atoms. The van der Waals surface area contributed by atoms with Crippen molar-refractivity contribution >= 4 is 14.3 Å². The lowest BCUT2D eigenvalue weighted by Crippen LogP contribution is -2.29. The Bertz CT molecular complexity index is 496. The summed E-state index contributed by atoms with van der Waals surface area (Å²) in [5.41, 5.74) is 0.883. The van der Waals surface area contributed by atoms with Crippen molar-refractivity contribution in [3.8, 4) is 11.5 Å². The maximum absolute atomic E-state index is 11.8. The minimum Gasteiger partial charge on any atom is -0.493 e. The van der Waals surface area contributed by atoms with E-state index in [-0.39, 0.29) is 18.5 Å². The van der Waals surface area contributed by atoms with E-state index in [0.717, 1.165) is 5.56 Å². The molecule has 0 N–H and O–H groups in total. The second kappa shape index (κ2) is 8.19. The highest BCUT2D eigenvalue weighted by Gasteiger charge is 2.26. The second-order valence-electron chi connectivity index (χ2n) is 5.84. The predicted molar refractivity (Wildman–Crippen MR) is 88.0 cm³/mol. The molecule has 1 aromatic carbocycles. The fourth-order valence-electron chi connectivity index (χ4n) is 2.08. The molecule has 0 aliphatic carbocycles. The van der Waals surface area contributed by atoms with E-state index in [0.29, 0.717) is 18.1 Å². The summed E-state index contributed by atoms with van der Waals surface area (Å²) in [5, 5.41) is 0. The van der Waals surface area contributed by atoms with Crippen LogP contribution in [0.2, 0.25) is 19.6 Å². The van der Waals surface area contributed by atoms with Crippen molar-refractivity contribution in [1.82, 2.24) is 0 Å². The molecule has 0 saturated heterocycles. The summed E-state index contributed by atoms with van der Waals surface area (Å²) in [7, 11) is 1.35. The molecule has 0 aliphatic heterocycles. The van der Waals surface area contributed by atoms with Gasteiger partial charge in [0.25, 0.3) is 0 Å². The van der Waals surface area contributed by atoms with E-state index < -0.39 is 8.32 Å². The van der Waals surface area contributed by atoms with Crippen molar-refractivity contribution < 1.29 is 23.4 Å². The van der Waals surface area contributed by atoms with E-state index in [1.165, 1.54) is 0 Å². The number of hydrogen-bond donors (Lipinski definition) is 0. The fraction of sp³-hybridized carbons (Fsp3) is 0.562. The van der Waals surface area contributed by atoms with Crippen LogP contribution < -0.4 is 9.47 Å². The maximum atomic E-state index is 11.8. The Morgan fingerprint density at radius 3 is 2.27 bits per heavy atom. The minimum absolute atomic E-state index is 0.188. The lowest BCUT2D eigenvalue weighted by Gasteiger charge is -2.26. The first-order valence-corrected chi connectivity index (χ1v) is 10.8. The number of esters is 1. The molecule has 0 saturated carbocycles. The summed E-state index contributed by atoms with van der Waals surface area (Å²) in [6.07, 6.45) is -0.154. The first-order chi connectivity index (χ1) is 10.3. The van der Waals surface area contributed by atoms with Crippen LogP contribution in [0.15, 0.2) is 18.2 Å². The molecule has 0 bridgehead atoms. The predicted octanol–water partition coefficient (Wildman–Crippen LogP) is 3.55. The quantitative estimate of drug-likeness (QED) is 0.540. The van der Waals surface area contributed by atoms with Gasteiger partial charge in [-0.05, 0) is 44.3 Å². The molecule has 5 nitrogen and oxygen atoms in total. The van der Waals surface area contributed by atoms with Gasteiger partial charge in [0.1, 0.15) is 0 Å². The lowest BCUT2D eigenvalue weighted by atomic mass is 10.1. The summed E-state index contributed by atoms with van der Waals surface area (Å²) in [5.74, 6) is 1.00. The number of methoxy groups -OCH3 is 2. The van der Waals surface area contributed by atoms with E-state index in [1.807, 2.05) is 18.2 Å². The minimum atomic E-state index is -1.82. The van der Waals surface area contributed by atoms with Crippen molar-refractivity contribution in [2.45, 2.75) is 39.1 Å². The van der Waals surface area contributed by atoms with Crippen LogP contribution in [0.25, 0.3) is 0 Å². The number of ether oxygens (including phenoxy) is 3. The van der Waals surface area contributed by atoms with Gasteiger partial charge in [-0.2, -0.15) is 0 Å². The second-order valence-corrected chi connectivity index (χ2v) is 10.3. The van der Waals surface area contributed by atoms with Crippen LogP contribution in [0.3, 0.4) is 0 Å². The molecule has 0 unspecified atom stereocenters. The summed E-state index contributed by atoms with van der Waals surface area (Å²) in [6.45, 7) is 8.43. The molecule has 1 rings (SSSR count). The van der Waals surface area contributed by atoms with Gasteiger partial charge >= 0.3 is 5.97 Å². The van der Waals surface area contributed by atoms with Crippen LogP contribution in [-0.4, -0.2) is 35.1 Å². The van der Waals surface area contributed by atoms with Gasteiger partial charge in [-0.3, -0.25) is 4.79 Å². The van der Waals surface area contributed by atoms with Crippen LogP contribution >= 0.6 is 0 Å². The van der Waals surface area contributed by atoms with Crippen LogP contribution in [0.1, 0.15) is 25.0 Å². The molecule has 22 heavy (non-hydrogen) atoms. The van der Waals surface area contributed by atoms with Gasteiger partial charge in [-0.25, -0.2) is 0 Å². The van der Waals surface area contributed by atoms with Gasteiger partial charge in [-0.1, -0.05) is 6.07 Å². The van der Waals surface area contributed by atoms with Gasteiger partial charge in [-0.15, -0.1) is 0 Å². The smallest absolute Gasteiger partial charge is 0.308 e.